The SMILES string of the molecule is O=C(Nc1cnccn1)N1CCN(Cc2ccc3occc3c2)CC1. The summed E-state index contributed by atoms with van der Waals surface area (Å²) in [7, 11) is 0. The number of hydrogen-bond acceptors (Lipinski definition) is 5. The molecule has 0 spiro atoms. The molecule has 3 aromatic rings. The maximum absolute atomic E-state index is 12.3. The van der Waals surface area contributed by atoms with E-state index in [1.165, 1.54) is 5.56 Å². The minimum atomic E-state index is -0.125. The molecule has 0 saturated carbocycles. The van der Waals surface area contributed by atoms with Crippen LogP contribution in [0.2, 0.25) is 0 Å². The van der Waals surface area contributed by atoms with Gasteiger partial charge in [0, 0.05) is 50.5 Å². The molecule has 1 aliphatic rings. The van der Waals surface area contributed by atoms with Crippen LogP contribution in [0.15, 0.2) is 53.5 Å². The number of nitrogens with one attached hydrogen (secondary N) is 1. The second-order valence-corrected chi connectivity index (χ2v) is 6.08. The summed E-state index contributed by atoms with van der Waals surface area (Å²) in [5.41, 5.74) is 2.17. The molecule has 1 N–H and O–H groups in total. The van der Waals surface area contributed by atoms with Crippen molar-refractivity contribution < 1.29 is 9.21 Å². The van der Waals surface area contributed by atoms with Gasteiger partial charge in [-0.05, 0) is 23.8 Å². The first kappa shape index (κ1) is 15.6. The van der Waals surface area contributed by atoms with E-state index >= 15 is 0 Å². The van der Waals surface area contributed by atoms with E-state index in [1.807, 2.05) is 17.0 Å². The zero-order valence-electron chi connectivity index (χ0n) is 13.8. The Morgan fingerprint density at radius 2 is 2.04 bits per heavy atom. The Morgan fingerprint density at radius 3 is 2.84 bits per heavy atom. The van der Waals surface area contributed by atoms with Crippen molar-refractivity contribution in [1.29, 1.82) is 0 Å². The maximum Gasteiger partial charge on any atom is 0.323 e. The Hall–Kier alpha value is -2.93. The Bertz CT molecular complexity index is 856. The highest BCUT2D eigenvalue weighted by Gasteiger charge is 2.21. The summed E-state index contributed by atoms with van der Waals surface area (Å²) in [5.74, 6) is 0.475. The molecule has 25 heavy (non-hydrogen) atoms. The van der Waals surface area contributed by atoms with Crippen LogP contribution in [0.3, 0.4) is 0 Å². The number of hydrogen-bond donors (Lipinski definition) is 1. The Balaban J connectivity index is 1.31. The first-order valence-corrected chi connectivity index (χ1v) is 8.28. The van der Waals surface area contributed by atoms with Gasteiger partial charge in [0.05, 0.1) is 12.5 Å². The average Bonchev–Trinajstić information content (AvgIpc) is 3.11. The van der Waals surface area contributed by atoms with Crippen LogP contribution in [0.25, 0.3) is 11.0 Å². The summed E-state index contributed by atoms with van der Waals surface area (Å²) in [5, 5.41) is 3.90. The summed E-state index contributed by atoms with van der Waals surface area (Å²) in [6.07, 6.45) is 6.39. The molecule has 4 rings (SSSR count). The number of benzene rings is 1. The van der Waals surface area contributed by atoms with Crippen molar-refractivity contribution in [3.63, 3.8) is 0 Å². The largest absolute Gasteiger partial charge is 0.464 e. The fourth-order valence-electron chi connectivity index (χ4n) is 3.03. The van der Waals surface area contributed by atoms with Gasteiger partial charge >= 0.3 is 6.03 Å². The number of nitrogens with zero attached hydrogens (tertiary/aromatic N) is 4. The third-order valence-electron chi connectivity index (χ3n) is 4.38. The van der Waals surface area contributed by atoms with Gasteiger partial charge in [0.15, 0.2) is 5.82 Å². The van der Waals surface area contributed by atoms with Crippen molar-refractivity contribution in [2.24, 2.45) is 0 Å². The summed E-state index contributed by atoms with van der Waals surface area (Å²) < 4.78 is 5.38. The van der Waals surface area contributed by atoms with E-state index in [0.29, 0.717) is 18.9 Å². The molecule has 2 amide bonds. The van der Waals surface area contributed by atoms with Crippen LogP contribution in [0, 0.1) is 0 Å². The van der Waals surface area contributed by atoms with Gasteiger partial charge in [0.2, 0.25) is 0 Å². The van der Waals surface area contributed by atoms with Crippen LogP contribution < -0.4 is 5.32 Å². The van der Waals surface area contributed by atoms with E-state index in [4.69, 9.17) is 4.42 Å². The monoisotopic (exact) mass is 337 g/mol. The summed E-state index contributed by atoms with van der Waals surface area (Å²) >= 11 is 0. The van der Waals surface area contributed by atoms with E-state index in [1.54, 1.807) is 24.9 Å². The Kier molecular flexibility index (Phi) is 4.30. The van der Waals surface area contributed by atoms with Crippen LogP contribution >= 0.6 is 0 Å². The predicted octanol–water partition coefficient (Wildman–Crippen LogP) is 2.57. The molecular formula is C18H19N5O2. The van der Waals surface area contributed by atoms with E-state index < -0.39 is 0 Å². The van der Waals surface area contributed by atoms with Crippen LogP contribution in [0.4, 0.5) is 10.6 Å². The van der Waals surface area contributed by atoms with Gasteiger partial charge in [-0.15, -0.1) is 0 Å². The summed E-state index contributed by atoms with van der Waals surface area (Å²) in [4.78, 5) is 24.4. The third kappa shape index (κ3) is 3.61. The summed E-state index contributed by atoms with van der Waals surface area (Å²) in [6, 6.07) is 8.12. The fraction of sp³-hybridized carbons (Fsp3) is 0.278. The number of piperazine rings is 1. The van der Waals surface area contributed by atoms with E-state index in [-0.39, 0.29) is 6.03 Å². The second kappa shape index (κ2) is 6.90. The molecule has 1 saturated heterocycles. The number of furan rings is 1. The smallest absolute Gasteiger partial charge is 0.323 e. The molecular weight excluding hydrogens is 318 g/mol. The van der Waals surface area contributed by atoms with Gasteiger partial charge in [0.1, 0.15) is 5.58 Å². The van der Waals surface area contributed by atoms with Crippen LogP contribution in [-0.4, -0.2) is 52.0 Å². The minimum absolute atomic E-state index is 0.125. The quantitative estimate of drug-likeness (QED) is 0.795. The Morgan fingerprint density at radius 1 is 1.16 bits per heavy atom. The maximum atomic E-state index is 12.3. The lowest BCUT2D eigenvalue weighted by Crippen LogP contribution is -2.49. The highest BCUT2D eigenvalue weighted by Crippen LogP contribution is 2.18. The van der Waals surface area contributed by atoms with Crippen LogP contribution in [0.1, 0.15) is 5.56 Å². The first-order chi connectivity index (χ1) is 12.3. The number of aromatic nitrogens is 2. The van der Waals surface area contributed by atoms with Crippen molar-refractivity contribution in [2.75, 3.05) is 31.5 Å². The lowest BCUT2D eigenvalue weighted by Gasteiger charge is -2.34. The van der Waals surface area contributed by atoms with Gasteiger partial charge in [-0.25, -0.2) is 9.78 Å². The van der Waals surface area contributed by atoms with E-state index in [0.717, 1.165) is 30.6 Å². The number of fused-ring (bicyclic) bond motifs is 1. The number of carbonyl (C=O) groups is 1. The molecule has 1 fully saturated rings. The third-order valence-corrected chi connectivity index (χ3v) is 4.38. The molecule has 1 aliphatic heterocycles. The van der Waals surface area contributed by atoms with Crippen LogP contribution in [-0.2, 0) is 6.54 Å². The van der Waals surface area contributed by atoms with Crippen molar-refractivity contribution in [3.8, 4) is 0 Å². The van der Waals surface area contributed by atoms with Crippen molar-refractivity contribution in [2.45, 2.75) is 6.54 Å². The number of amides is 2. The van der Waals surface area contributed by atoms with Crippen molar-refractivity contribution in [3.05, 3.63) is 54.7 Å². The zero-order chi connectivity index (χ0) is 17.1. The van der Waals surface area contributed by atoms with Gasteiger partial charge in [0.25, 0.3) is 0 Å². The molecule has 7 heteroatoms. The predicted molar refractivity (Wildman–Crippen MR) is 94.1 cm³/mol. The molecule has 128 valence electrons. The van der Waals surface area contributed by atoms with Gasteiger partial charge in [-0.2, -0.15) is 0 Å². The number of anilines is 1. The lowest BCUT2D eigenvalue weighted by molar-refractivity contribution is 0.143. The van der Waals surface area contributed by atoms with Crippen molar-refractivity contribution in [1.82, 2.24) is 19.8 Å². The molecule has 3 heterocycles. The number of urea groups is 1. The normalized spacial score (nSPS) is 15.4. The Labute approximate surface area is 145 Å². The first-order valence-electron chi connectivity index (χ1n) is 8.28. The standard InChI is InChI=1S/C18H19N5O2/c24-18(21-17-12-19-4-5-20-17)23-8-6-22(7-9-23)13-14-1-2-16-15(11-14)3-10-25-16/h1-5,10-12H,6-9,13H2,(H,20,21,24). The van der Waals surface area contributed by atoms with Gasteiger partial charge in [-0.3, -0.25) is 15.2 Å². The molecule has 2 aromatic heterocycles. The fourth-order valence-corrected chi connectivity index (χ4v) is 3.03. The average molecular weight is 337 g/mol. The summed E-state index contributed by atoms with van der Waals surface area (Å²) in [6.45, 7) is 3.95. The molecule has 0 unspecified atom stereocenters. The molecule has 0 radical (unpaired) electrons. The second-order valence-electron chi connectivity index (χ2n) is 6.08. The topological polar surface area (TPSA) is 74.5 Å². The van der Waals surface area contributed by atoms with Gasteiger partial charge < -0.3 is 9.32 Å². The zero-order valence-corrected chi connectivity index (χ0v) is 13.8. The molecule has 0 aliphatic carbocycles. The van der Waals surface area contributed by atoms with Gasteiger partial charge in [-0.1, -0.05) is 6.07 Å². The number of carbonyl (C=O) groups excluding carboxylic acids is 1. The minimum Gasteiger partial charge on any atom is -0.464 e. The van der Waals surface area contributed by atoms with Crippen molar-refractivity contribution >= 4 is 22.8 Å². The van der Waals surface area contributed by atoms with E-state index in [9.17, 15) is 4.79 Å². The highest BCUT2D eigenvalue weighted by molar-refractivity contribution is 5.88. The molecule has 7 nitrogen and oxygen atoms in total. The lowest BCUT2D eigenvalue weighted by atomic mass is 10.1. The number of rotatable bonds is 3. The molecule has 1 aromatic carbocycles. The highest BCUT2D eigenvalue weighted by atomic mass is 16.3. The van der Waals surface area contributed by atoms with E-state index in [2.05, 4.69) is 32.3 Å². The molecule has 0 atom stereocenters. The molecule has 0 bridgehead atoms. The van der Waals surface area contributed by atoms with Crippen LogP contribution in [0.5, 0.6) is 0 Å².